The van der Waals surface area contributed by atoms with Gasteiger partial charge in [0.05, 0.1) is 17.5 Å². The number of nitrogens with zero attached hydrogens (tertiary/aromatic N) is 1. The fourth-order valence-corrected chi connectivity index (χ4v) is 1.30. The summed E-state index contributed by atoms with van der Waals surface area (Å²) in [5.74, 6) is -0.110. The molecule has 4 nitrogen and oxygen atoms in total. The van der Waals surface area contributed by atoms with Gasteiger partial charge < -0.3 is 10.6 Å². The minimum atomic E-state index is -0.110. The number of thiocarbonyl (C=S) groups is 1. The molecule has 0 atom stereocenters. The van der Waals surface area contributed by atoms with Crippen molar-refractivity contribution in [2.24, 2.45) is 0 Å². The van der Waals surface area contributed by atoms with Crippen molar-refractivity contribution in [2.75, 3.05) is 10.6 Å². The first-order valence-electron chi connectivity index (χ1n) is 4.66. The molecule has 0 spiro atoms. The fourth-order valence-electron chi connectivity index (χ4n) is 1.12. The quantitative estimate of drug-likeness (QED) is 0.786. The summed E-state index contributed by atoms with van der Waals surface area (Å²) in [5.41, 5.74) is 1.53. The van der Waals surface area contributed by atoms with E-state index < -0.39 is 0 Å². The Morgan fingerprint density at radius 2 is 1.81 bits per heavy atom. The first-order chi connectivity index (χ1) is 7.61. The zero-order valence-electron chi connectivity index (χ0n) is 8.78. The minimum Gasteiger partial charge on any atom is -0.349 e. The van der Waals surface area contributed by atoms with Crippen molar-refractivity contribution in [1.82, 2.24) is 0 Å². The monoisotopic (exact) mass is 233 g/mol. The Morgan fingerprint density at radius 1 is 1.31 bits per heavy atom. The highest BCUT2D eigenvalue weighted by molar-refractivity contribution is 7.80. The summed E-state index contributed by atoms with van der Waals surface area (Å²) < 4.78 is 0. The third kappa shape index (κ3) is 4.07. The van der Waals surface area contributed by atoms with Crippen molar-refractivity contribution in [3.8, 4) is 6.07 Å². The van der Waals surface area contributed by atoms with Gasteiger partial charge in [-0.15, -0.1) is 0 Å². The fraction of sp³-hybridized carbons (Fsp3) is 0.182. The van der Waals surface area contributed by atoms with Crippen LogP contribution >= 0.6 is 12.2 Å². The molecule has 0 aliphatic carbocycles. The molecule has 0 aliphatic heterocycles. The Balaban J connectivity index is 2.61. The van der Waals surface area contributed by atoms with Gasteiger partial charge in [-0.05, 0) is 24.3 Å². The van der Waals surface area contributed by atoms with Crippen LogP contribution < -0.4 is 10.6 Å². The van der Waals surface area contributed by atoms with Gasteiger partial charge in [-0.3, -0.25) is 4.79 Å². The van der Waals surface area contributed by atoms with E-state index in [-0.39, 0.29) is 12.3 Å². The molecule has 2 N–H and O–H groups in total. The van der Waals surface area contributed by atoms with Gasteiger partial charge in [-0.2, -0.15) is 5.26 Å². The van der Waals surface area contributed by atoms with Gasteiger partial charge in [0.1, 0.15) is 0 Å². The predicted molar refractivity (Wildman–Crippen MR) is 67.2 cm³/mol. The number of benzene rings is 1. The predicted octanol–water partition coefficient (Wildman–Crippen LogP) is 2.30. The summed E-state index contributed by atoms with van der Waals surface area (Å²) in [7, 11) is 0. The molecule has 0 heterocycles. The van der Waals surface area contributed by atoms with Gasteiger partial charge in [0, 0.05) is 18.3 Å². The number of anilines is 2. The maximum atomic E-state index is 10.8. The zero-order valence-corrected chi connectivity index (χ0v) is 9.60. The number of carbonyl (C=O) groups is 1. The lowest BCUT2D eigenvalue weighted by atomic mass is 10.2. The molecule has 1 aromatic rings. The van der Waals surface area contributed by atoms with E-state index in [1.165, 1.54) is 6.92 Å². The summed E-state index contributed by atoms with van der Waals surface area (Å²) in [6.45, 7) is 1.45. The maximum Gasteiger partial charge on any atom is 0.221 e. The molecule has 0 aliphatic rings. The molecule has 0 unspecified atom stereocenters. The van der Waals surface area contributed by atoms with Crippen molar-refractivity contribution in [3.63, 3.8) is 0 Å². The molecule has 1 amide bonds. The molecule has 5 heteroatoms. The number of carbonyl (C=O) groups excluding carboxylic acids is 1. The van der Waals surface area contributed by atoms with Crippen LogP contribution in [0.1, 0.15) is 13.3 Å². The van der Waals surface area contributed by atoms with Gasteiger partial charge in [0.15, 0.2) is 0 Å². The van der Waals surface area contributed by atoms with E-state index in [2.05, 4.69) is 10.6 Å². The van der Waals surface area contributed by atoms with Crippen LogP contribution in [-0.4, -0.2) is 10.9 Å². The van der Waals surface area contributed by atoms with Gasteiger partial charge in [0.2, 0.25) is 5.91 Å². The first-order valence-corrected chi connectivity index (χ1v) is 5.07. The topological polar surface area (TPSA) is 64.9 Å². The Morgan fingerprint density at radius 3 is 2.25 bits per heavy atom. The maximum absolute atomic E-state index is 10.8. The van der Waals surface area contributed by atoms with E-state index in [0.717, 1.165) is 11.4 Å². The molecule has 16 heavy (non-hydrogen) atoms. The summed E-state index contributed by atoms with van der Waals surface area (Å²) in [6.07, 6.45) is 0.197. The molecule has 1 aromatic carbocycles. The molecule has 1 rings (SSSR count). The second-order valence-corrected chi connectivity index (χ2v) is 3.63. The van der Waals surface area contributed by atoms with Crippen LogP contribution in [-0.2, 0) is 4.79 Å². The third-order valence-electron chi connectivity index (χ3n) is 1.73. The molecule has 0 bridgehead atoms. The first kappa shape index (κ1) is 12.1. The van der Waals surface area contributed by atoms with Crippen LogP contribution in [0.5, 0.6) is 0 Å². The second-order valence-electron chi connectivity index (χ2n) is 3.14. The third-order valence-corrected chi connectivity index (χ3v) is 1.98. The molecule has 0 saturated heterocycles. The molecule has 0 saturated carbocycles. The van der Waals surface area contributed by atoms with Crippen molar-refractivity contribution in [3.05, 3.63) is 24.3 Å². The zero-order chi connectivity index (χ0) is 12.0. The average molecular weight is 233 g/mol. The lowest BCUT2D eigenvalue weighted by Gasteiger charge is -2.06. The van der Waals surface area contributed by atoms with Crippen LogP contribution in [0.3, 0.4) is 0 Å². The smallest absolute Gasteiger partial charge is 0.221 e. The van der Waals surface area contributed by atoms with Crippen LogP contribution in [0.15, 0.2) is 24.3 Å². The highest BCUT2D eigenvalue weighted by Gasteiger charge is 1.98. The lowest BCUT2D eigenvalue weighted by Crippen LogP contribution is -2.08. The molecule has 0 radical (unpaired) electrons. The van der Waals surface area contributed by atoms with Gasteiger partial charge in [-0.25, -0.2) is 0 Å². The van der Waals surface area contributed by atoms with Crippen LogP contribution in [0, 0.1) is 11.3 Å². The van der Waals surface area contributed by atoms with E-state index in [0.29, 0.717) is 4.99 Å². The highest BCUT2D eigenvalue weighted by Crippen LogP contribution is 2.13. The lowest BCUT2D eigenvalue weighted by molar-refractivity contribution is -0.114. The van der Waals surface area contributed by atoms with Crippen molar-refractivity contribution in [1.29, 1.82) is 5.26 Å². The number of rotatable bonds is 3. The number of nitrogens with one attached hydrogen (secondary N) is 2. The molecule has 0 fully saturated rings. The van der Waals surface area contributed by atoms with E-state index >= 15 is 0 Å². The van der Waals surface area contributed by atoms with Crippen LogP contribution in [0.25, 0.3) is 0 Å². The van der Waals surface area contributed by atoms with Gasteiger partial charge in [0.25, 0.3) is 0 Å². The second kappa shape index (κ2) is 5.83. The number of hydrogen-bond acceptors (Lipinski definition) is 3. The summed E-state index contributed by atoms with van der Waals surface area (Å²) >= 11 is 4.93. The molecular formula is C11H11N3OS. The molecular weight excluding hydrogens is 222 g/mol. The van der Waals surface area contributed by atoms with Gasteiger partial charge in [-0.1, -0.05) is 12.2 Å². The van der Waals surface area contributed by atoms with Gasteiger partial charge >= 0.3 is 0 Å². The molecule has 82 valence electrons. The normalized spacial score (nSPS) is 9.00. The number of amides is 1. The van der Waals surface area contributed by atoms with Crippen molar-refractivity contribution >= 4 is 34.5 Å². The Bertz CT molecular complexity index is 434. The van der Waals surface area contributed by atoms with Crippen LogP contribution in [0.2, 0.25) is 0 Å². The van der Waals surface area contributed by atoms with Crippen molar-refractivity contribution in [2.45, 2.75) is 13.3 Å². The summed E-state index contributed by atoms with van der Waals surface area (Å²) in [5, 5.41) is 14.0. The number of hydrogen-bond donors (Lipinski definition) is 2. The Hall–Kier alpha value is -1.93. The Labute approximate surface area is 99.3 Å². The Kier molecular flexibility index (Phi) is 4.42. The van der Waals surface area contributed by atoms with E-state index in [4.69, 9.17) is 17.5 Å². The van der Waals surface area contributed by atoms with E-state index in [1.807, 2.05) is 6.07 Å². The SMILES string of the molecule is CC(=O)Nc1ccc(NC(=S)CC#N)cc1. The number of nitriles is 1. The standard InChI is InChI=1S/C11H11N3OS/c1-8(15)13-9-2-4-10(5-3-9)14-11(16)6-7-12/h2-5H,6H2,1H3,(H,13,15)(H,14,16). The largest absolute Gasteiger partial charge is 0.349 e. The van der Waals surface area contributed by atoms with Crippen LogP contribution in [0.4, 0.5) is 11.4 Å². The van der Waals surface area contributed by atoms with E-state index in [9.17, 15) is 4.79 Å². The van der Waals surface area contributed by atoms with Crippen molar-refractivity contribution < 1.29 is 4.79 Å². The minimum absolute atomic E-state index is 0.110. The molecule has 0 aromatic heterocycles. The van der Waals surface area contributed by atoms with E-state index in [1.54, 1.807) is 24.3 Å². The summed E-state index contributed by atoms with van der Waals surface area (Å²) in [6, 6.07) is 9.06. The average Bonchev–Trinajstić information content (AvgIpc) is 2.20. The highest BCUT2D eigenvalue weighted by atomic mass is 32.1. The summed E-state index contributed by atoms with van der Waals surface area (Å²) in [4.78, 5) is 11.3.